The van der Waals surface area contributed by atoms with Crippen molar-refractivity contribution >= 4 is 38.0 Å². The normalized spacial score (nSPS) is 13.9. The van der Waals surface area contributed by atoms with E-state index in [9.17, 15) is 0 Å². The molecule has 4 nitrogen and oxygen atoms in total. The van der Waals surface area contributed by atoms with E-state index in [0.717, 1.165) is 33.2 Å². The van der Waals surface area contributed by atoms with Crippen molar-refractivity contribution in [1.29, 1.82) is 0 Å². The summed E-state index contributed by atoms with van der Waals surface area (Å²) >= 11 is 5.00. The van der Waals surface area contributed by atoms with Gasteiger partial charge in [-0.1, -0.05) is 38.5 Å². The fourth-order valence-corrected chi connectivity index (χ4v) is 3.77. The van der Waals surface area contributed by atoms with E-state index in [1.165, 1.54) is 6.42 Å². The molecule has 0 aromatic carbocycles. The van der Waals surface area contributed by atoms with Crippen LogP contribution in [0.25, 0.3) is 4.96 Å². The van der Waals surface area contributed by atoms with Crippen LogP contribution in [0.3, 0.4) is 0 Å². The molecule has 0 amide bonds. The molecule has 0 fully saturated rings. The van der Waals surface area contributed by atoms with Crippen LogP contribution in [0.2, 0.25) is 0 Å². The lowest BCUT2D eigenvalue weighted by Gasteiger charge is -2.30. The molecule has 1 atom stereocenters. The Kier molecular flexibility index (Phi) is 4.74. The standard InChI is InChI=1S/C14H23BrN4S/c1-6-9(3)8-14(4,5)17-11-10(7-2)16-13-19(11)18-12(15)20-13/h9,17H,6-8H2,1-5H3. The number of hydrogen-bond donors (Lipinski definition) is 1. The van der Waals surface area contributed by atoms with Gasteiger partial charge in [-0.05, 0) is 48.5 Å². The monoisotopic (exact) mass is 358 g/mol. The van der Waals surface area contributed by atoms with Crippen LogP contribution in [0.4, 0.5) is 5.82 Å². The van der Waals surface area contributed by atoms with Gasteiger partial charge >= 0.3 is 0 Å². The van der Waals surface area contributed by atoms with Gasteiger partial charge in [-0.25, -0.2) is 4.98 Å². The van der Waals surface area contributed by atoms with Gasteiger partial charge in [0, 0.05) is 5.54 Å². The Hall–Kier alpha value is -0.620. The van der Waals surface area contributed by atoms with E-state index in [0.29, 0.717) is 5.92 Å². The minimum atomic E-state index is 0.0331. The molecule has 1 N–H and O–H groups in total. The van der Waals surface area contributed by atoms with Gasteiger partial charge in [-0.3, -0.25) is 0 Å². The van der Waals surface area contributed by atoms with E-state index in [-0.39, 0.29) is 5.54 Å². The van der Waals surface area contributed by atoms with Crippen LogP contribution in [0.1, 0.15) is 53.2 Å². The maximum atomic E-state index is 4.66. The molecule has 0 aliphatic heterocycles. The molecule has 20 heavy (non-hydrogen) atoms. The van der Waals surface area contributed by atoms with Gasteiger partial charge in [-0.15, -0.1) is 5.10 Å². The Morgan fingerprint density at radius 2 is 2.10 bits per heavy atom. The van der Waals surface area contributed by atoms with Gasteiger partial charge in [0.1, 0.15) is 0 Å². The van der Waals surface area contributed by atoms with Gasteiger partial charge in [0.2, 0.25) is 4.96 Å². The van der Waals surface area contributed by atoms with Gasteiger partial charge < -0.3 is 5.32 Å². The first-order valence-electron chi connectivity index (χ1n) is 7.18. The summed E-state index contributed by atoms with van der Waals surface area (Å²) in [6.07, 6.45) is 3.25. The summed E-state index contributed by atoms with van der Waals surface area (Å²) < 4.78 is 2.79. The second-order valence-electron chi connectivity index (χ2n) is 6.04. The number of fused-ring (bicyclic) bond motifs is 1. The van der Waals surface area contributed by atoms with Crippen LogP contribution in [-0.4, -0.2) is 20.1 Å². The van der Waals surface area contributed by atoms with Gasteiger partial charge in [-0.2, -0.15) is 4.52 Å². The van der Waals surface area contributed by atoms with Crippen LogP contribution >= 0.6 is 27.3 Å². The fourth-order valence-electron chi connectivity index (χ4n) is 2.53. The minimum absolute atomic E-state index is 0.0331. The fraction of sp³-hybridized carbons (Fsp3) is 0.714. The molecule has 0 bridgehead atoms. The van der Waals surface area contributed by atoms with Crippen LogP contribution in [-0.2, 0) is 6.42 Å². The molecule has 0 radical (unpaired) electrons. The number of anilines is 1. The number of aryl methyl sites for hydroxylation is 1. The summed E-state index contributed by atoms with van der Waals surface area (Å²) in [5.41, 5.74) is 1.12. The van der Waals surface area contributed by atoms with Crippen molar-refractivity contribution in [2.24, 2.45) is 5.92 Å². The smallest absolute Gasteiger partial charge is 0.215 e. The summed E-state index contributed by atoms with van der Waals surface area (Å²) in [4.78, 5) is 5.60. The molecule has 0 aliphatic carbocycles. The van der Waals surface area contributed by atoms with E-state index in [1.54, 1.807) is 11.3 Å². The second kappa shape index (κ2) is 6.02. The van der Waals surface area contributed by atoms with Gasteiger partial charge in [0.25, 0.3) is 0 Å². The second-order valence-corrected chi connectivity index (χ2v) is 8.27. The predicted molar refractivity (Wildman–Crippen MR) is 89.7 cm³/mol. The lowest BCUT2D eigenvalue weighted by molar-refractivity contribution is 0.396. The minimum Gasteiger partial charge on any atom is -0.364 e. The summed E-state index contributed by atoms with van der Waals surface area (Å²) in [6, 6.07) is 0. The Labute approximate surface area is 133 Å². The van der Waals surface area contributed by atoms with E-state index in [4.69, 9.17) is 0 Å². The third-order valence-electron chi connectivity index (χ3n) is 3.60. The van der Waals surface area contributed by atoms with E-state index < -0.39 is 0 Å². The van der Waals surface area contributed by atoms with Crippen LogP contribution in [0.15, 0.2) is 3.92 Å². The summed E-state index contributed by atoms with van der Waals surface area (Å²) in [7, 11) is 0. The number of hydrogen-bond acceptors (Lipinski definition) is 4. The Morgan fingerprint density at radius 1 is 1.40 bits per heavy atom. The first kappa shape index (κ1) is 15.8. The average molecular weight is 359 g/mol. The lowest BCUT2D eigenvalue weighted by Crippen LogP contribution is -2.34. The van der Waals surface area contributed by atoms with Crippen molar-refractivity contribution in [3.05, 3.63) is 9.61 Å². The van der Waals surface area contributed by atoms with Crippen molar-refractivity contribution in [3.63, 3.8) is 0 Å². The largest absolute Gasteiger partial charge is 0.364 e. The van der Waals surface area contributed by atoms with E-state index >= 15 is 0 Å². The quantitative estimate of drug-likeness (QED) is 0.810. The van der Waals surface area contributed by atoms with Crippen molar-refractivity contribution in [1.82, 2.24) is 14.6 Å². The lowest BCUT2D eigenvalue weighted by atomic mass is 9.90. The maximum Gasteiger partial charge on any atom is 0.215 e. The van der Waals surface area contributed by atoms with E-state index in [2.05, 4.69) is 65.9 Å². The molecule has 2 aromatic heterocycles. The van der Waals surface area contributed by atoms with Crippen molar-refractivity contribution < 1.29 is 0 Å². The predicted octanol–water partition coefficient (Wildman–Crippen LogP) is 4.74. The molecule has 0 saturated heterocycles. The zero-order chi connectivity index (χ0) is 14.9. The number of nitrogens with zero attached hydrogens (tertiary/aromatic N) is 3. The molecular weight excluding hydrogens is 336 g/mol. The van der Waals surface area contributed by atoms with Gasteiger partial charge in [0.05, 0.1) is 5.69 Å². The highest BCUT2D eigenvalue weighted by Gasteiger charge is 2.24. The van der Waals surface area contributed by atoms with Crippen LogP contribution in [0, 0.1) is 5.92 Å². The highest BCUT2D eigenvalue weighted by molar-refractivity contribution is 9.11. The number of imidazole rings is 1. The zero-order valence-corrected chi connectivity index (χ0v) is 15.2. The Morgan fingerprint density at radius 3 is 2.70 bits per heavy atom. The molecule has 2 rings (SSSR count). The third-order valence-corrected chi connectivity index (χ3v) is 4.94. The summed E-state index contributed by atoms with van der Waals surface area (Å²) in [5.74, 6) is 1.74. The summed E-state index contributed by atoms with van der Waals surface area (Å²) in [5, 5.41) is 8.16. The maximum absolute atomic E-state index is 4.66. The molecule has 1 unspecified atom stereocenters. The SMILES string of the molecule is CCc1nc2sc(Br)nn2c1NC(C)(C)CC(C)CC. The van der Waals surface area contributed by atoms with Gasteiger partial charge in [0.15, 0.2) is 9.73 Å². The molecule has 0 spiro atoms. The number of aromatic nitrogens is 3. The average Bonchev–Trinajstić information content (AvgIpc) is 2.86. The van der Waals surface area contributed by atoms with E-state index in [1.807, 2.05) is 4.52 Å². The van der Waals surface area contributed by atoms with Crippen LogP contribution in [0.5, 0.6) is 0 Å². The van der Waals surface area contributed by atoms with Crippen molar-refractivity contribution in [3.8, 4) is 0 Å². The van der Waals surface area contributed by atoms with Crippen LogP contribution < -0.4 is 5.32 Å². The topological polar surface area (TPSA) is 42.2 Å². The number of rotatable bonds is 6. The molecule has 0 aliphatic rings. The Balaban J connectivity index is 2.31. The van der Waals surface area contributed by atoms with Crippen molar-refractivity contribution in [2.75, 3.05) is 5.32 Å². The Bertz CT molecular complexity index is 587. The first-order chi connectivity index (χ1) is 9.36. The molecule has 112 valence electrons. The highest BCUT2D eigenvalue weighted by Crippen LogP contribution is 2.30. The number of nitrogens with one attached hydrogen (secondary N) is 1. The molecule has 0 saturated carbocycles. The molecule has 6 heteroatoms. The first-order valence-corrected chi connectivity index (χ1v) is 8.79. The van der Waals surface area contributed by atoms with Crippen molar-refractivity contribution in [2.45, 2.75) is 59.4 Å². The third kappa shape index (κ3) is 3.34. The molecule has 2 heterocycles. The molecule has 2 aromatic rings. The highest BCUT2D eigenvalue weighted by atomic mass is 79.9. The summed E-state index contributed by atoms with van der Waals surface area (Å²) in [6.45, 7) is 11.2. The number of halogens is 1. The zero-order valence-electron chi connectivity index (χ0n) is 12.8. The molecular formula is C14H23BrN4S.